The van der Waals surface area contributed by atoms with Crippen molar-refractivity contribution in [3.63, 3.8) is 0 Å². The van der Waals surface area contributed by atoms with Crippen LogP contribution in [0.15, 0.2) is 60.7 Å². The summed E-state index contributed by atoms with van der Waals surface area (Å²) in [5.74, 6) is -0.388. The van der Waals surface area contributed by atoms with Gasteiger partial charge in [-0.15, -0.1) is 0 Å². The Morgan fingerprint density at radius 3 is 2.14 bits per heavy atom. The molecule has 0 fully saturated rings. The van der Waals surface area contributed by atoms with Gasteiger partial charge in [-0.2, -0.15) is 0 Å². The number of amides is 3. The third-order valence-corrected chi connectivity index (χ3v) is 3.21. The Hall–Kier alpha value is -2.66. The lowest BCUT2D eigenvalue weighted by Crippen LogP contribution is -2.43. The number of benzene rings is 2. The second-order valence-electron chi connectivity index (χ2n) is 4.78. The molecule has 0 spiro atoms. The number of hydrogen-bond acceptors (Lipinski definition) is 3. The molecule has 5 nitrogen and oxygen atoms in total. The zero-order valence-electron chi connectivity index (χ0n) is 12.4. The highest BCUT2D eigenvalue weighted by Crippen LogP contribution is 2.14. The largest absolute Gasteiger partial charge is 0.341 e. The highest BCUT2D eigenvalue weighted by molar-refractivity contribution is 5.97. The normalized spacial score (nSPS) is 11.5. The molecule has 0 aliphatic rings. The fourth-order valence-corrected chi connectivity index (χ4v) is 2.07. The number of urea groups is 1. The van der Waals surface area contributed by atoms with Crippen molar-refractivity contribution in [3.8, 4) is 0 Å². The van der Waals surface area contributed by atoms with Crippen LogP contribution in [0.2, 0.25) is 0 Å². The van der Waals surface area contributed by atoms with Crippen LogP contribution < -0.4 is 16.0 Å². The number of rotatable bonds is 5. The highest BCUT2D eigenvalue weighted by atomic mass is 16.2. The third kappa shape index (κ3) is 4.43. The van der Waals surface area contributed by atoms with Gasteiger partial charge in [0.05, 0.1) is 0 Å². The second-order valence-corrected chi connectivity index (χ2v) is 4.78. The molecule has 0 saturated carbocycles. The van der Waals surface area contributed by atoms with Crippen LogP contribution in [0, 0.1) is 0 Å². The van der Waals surface area contributed by atoms with E-state index in [0.717, 1.165) is 11.1 Å². The molecule has 0 unspecified atom stereocenters. The van der Waals surface area contributed by atoms with E-state index >= 15 is 0 Å². The summed E-state index contributed by atoms with van der Waals surface area (Å²) in [6, 6.07) is 18.0. The van der Waals surface area contributed by atoms with Crippen LogP contribution in [0.3, 0.4) is 0 Å². The number of imide groups is 1. The standard InChI is InChI=1S/C17H19N3O2/c1-18-17(22)20-16(21)15(14-10-6-3-7-11-14)19-12-13-8-4-2-5-9-13/h2-11,15,19H,12H2,1H3,(H2,18,20,21,22)/t15-/m1/s1. The lowest BCUT2D eigenvalue weighted by molar-refractivity contribution is -0.122. The zero-order chi connectivity index (χ0) is 15.8. The molecule has 0 bridgehead atoms. The van der Waals surface area contributed by atoms with Gasteiger partial charge in [-0.1, -0.05) is 60.7 Å². The van der Waals surface area contributed by atoms with E-state index in [0.29, 0.717) is 6.54 Å². The molecule has 5 heteroatoms. The van der Waals surface area contributed by atoms with E-state index in [9.17, 15) is 9.59 Å². The van der Waals surface area contributed by atoms with Crippen LogP contribution in [0.1, 0.15) is 17.2 Å². The van der Waals surface area contributed by atoms with Crippen molar-refractivity contribution in [1.82, 2.24) is 16.0 Å². The summed E-state index contributed by atoms with van der Waals surface area (Å²) in [5.41, 5.74) is 1.87. The van der Waals surface area contributed by atoms with Gasteiger partial charge in [0, 0.05) is 13.6 Å². The number of nitrogens with one attached hydrogen (secondary N) is 3. The van der Waals surface area contributed by atoms with Gasteiger partial charge in [-0.3, -0.25) is 15.4 Å². The molecule has 0 aliphatic carbocycles. The molecule has 0 saturated heterocycles. The Morgan fingerprint density at radius 2 is 1.55 bits per heavy atom. The van der Waals surface area contributed by atoms with Gasteiger partial charge in [0.25, 0.3) is 0 Å². The second kappa shape index (κ2) is 7.95. The lowest BCUT2D eigenvalue weighted by Gasteiger charge is -2.18. The Balaban J connectivity index is 2.11. The summed E-state index contributed by atoms with van der Waals surface area (Å²) in [6.07, 6.45) is 0. The zero-order valence-corrected chi connectivity index (χ0v) is 12.4. The van der Waals surface area contributed by atoms with Crippen molar-refractivity contribution >= 4 is 11.9 Å². The van der Waals surface area contributed by atoms with E-state index in [4.69, 9.17) is 0 Å². The average molecular weight is 297 g/mol. The molecule has 0 radical (unpaired) electrons. The summed E-state index contributed by atoms with van der Waals surface area (Å²) in [4.78, 5) is 23.7. The smallest absolute Gasteiger partial charge is 0.321 e. The Bertz CT molecular complexity index is 614. The van der Waals surface area contributed by atoms with Gasteiger partial charge in [0.15, 0.2) is 0 Å². The maximum Gasteiger partial charge on any atom is 0.321 e. The van der Waals surface area contributed by atoms with Crippen molar-refractivity contribution in [3.05, 3.63) is 71.8 Å². The summed E-state index contributed by atoms with van der Waals surface area (Å²) >= 11 is 0. The predicted molar refractivity (Wildman–Crippen MR) is 85.1 cm³/mol. The molecule has 1 atom stereocenters. The van der Waals surface area contributed by atoms with Crippen molar-refractivity contribution in [2.45, 2.75) is 12.6 Å². The predicted octanol–water partition coefficient (Wildman–Crippen LogP) is 1.97. The van der Waals surface area contributed by atoms with Crippen LogP contribution in [0.25, 0.3) is 0 Å². The molecule has 22 heavy (non-hydrogen) atoms. The minimum absolute atomic E-state index is 0.388. The van der Waals surface area contributed by atoms with Crippen LogP contribution in [0.4, 0.5) is 4.79 Å². The van der Waals surface area contributed by atoms with Gasteiger partial charge in [0.1, 0.15) is 6.04 Å². The first-order valence-corrected chi connectivity index (χ1v) is 7.05. The van der Waals surface area contributed by atoms with Gasteiger partial charge >= 0.3 is 6.03 Å². The number of hydrogen-bond donors (Lipinski definition) is 3. The first-order valence-electron chi connectivity index (χ1n) is 7.05. The maximum absolute atomic E-state index is 12.3. The van der Waals surface area contributed by atoms with Crippen LogP contribution >= 0.6 is 0 Å². The van der Waals surface area contributed by atoms with E-state index in [1.54, 1.807) is 0 Å². The SMILES string of the molecule is CNC(=O)NC(=O)[C@H](NCc1ccccc1)c1ccccc1. The Labute approximate surface area is 129 Å². The van der Waals surface area contributed by atoms with E-state index in [-0.39, 0.29) is 5.91 Å². The number of carbonyl (C=O) groups is 2. The van der Waals surface area contributed by atoms with Crippen molar-refractivity contribution in [2.75, 3.05) is 7.05 Å². The minimum Gasteiger partial charge on any atom is -0.341 e. The molecule has 2 rings (SSSR count). The van der Waals surface area contributed by atoms with Gasteiger partial charge in [-0.25, -0.2) is 4.79 Å². The first-order chi connectivity index (χ1) is 10.7. The van der Waals surface area contributed by atoms with Crippen molar-refractivity contribution in [1.29, 1.82) is 0 Å². The third-order valence-electron chi connectivity index (χ3n) is 3.21. The van der Waals surface area contributed by atoms with Gasteiger partial charge in [0.2, 0.25) is 5.91 Å². The summed E-state index contributed by atoms with van der Waals surface area (Å²) in [5, 5.41) is 7.88. The van der Waals surface area contributed by atoms with E-state index in [1.165, 1.54) is 7.05 Å². The lowest BCUT2D eigenvalue weighted by atomic mass is 10.1. The molecule has 2 aromatic rings. The fraction of sp³-hybridized carbons (Fsp3) is 0.176. The van der Waals surface area contributed by atoms with Crippen molar-refractivity contribution < 1.29 is 9.59 Å². The quantitative estimate of drug-likeness (QED) is 0.790. The van der Waals surface area contributed by atoms with E-state index in [1.807, 2.05) is 60.7 Å². The summed E-state index contributed by atoms with van der Waals surface area (Å²) in [6.45, 7) is 0.529. The highest BCUT2D eigenvalue weighted by Gasteiger charge is 2.21. The minimum atomic E-state index is -0.598. The number of carbonyl (C=O) groups excluding carboxylic acids is 2. The monoisotopic (exact) mass is 297 g/mol. The van der Waals surface area contributed by atoms with Crippen molar-refractivity contribution in [2.24, 2.45) is 0 Å². The first kappa shape index (κ1) is 15.7. The molecule has 2 aromatic carbocycles. The van der Waals surface area contributed by atoms with E-state index in [2.05, 4.69) is 16.0 Å². The van der Waals surface area contributed by atoms with Crippen LogP contribution in [-0.2, 0) is 11.3 Å². The Kier molecular flexibility index (Phi) is 5.68. The molecular formula is C17H19N3O2. The molecule has 114 valence electrons. The van der Waals surface area contributed by atoms with Gasteiger partial charge < -0.3 is 5.32 Å². The topological polar surface area (TPSA) is 70.2 Å². The molecule has 3 amide bonds. The Morgan fingerprint density at radius 1 is 0.955 bits per heavy atom. The van der Waals surface area contributed by atoms with Crippen LogP contribution in [-0.4, -0.2) is 19.0 Å². The van der Waals surface area contributed by atoms with Crippen LogP contribution in [0.5, 0.6) is 0 Å². The molecule has 0 heterocycles. The molecule has 3 N–H and O–H groups in total. The molecule has 0 aliphatic heterocycles. The summed E-state index contributed by atoms with van der Waals surface area (Å²) < 4.78 is 0. The van der Waals surface area contributed by atoms with E-state index < -0.39 is 12.1 Å². The maximum atomic E-state index is 12.3. The average Bonchev–Trinajstić information content (AvgIpc) is 2.57. The molecular weight excluding hydrogens is 278 g/mol. The summed E-state index contributed by atoms with van der Waals surface area (Å²) in [7, 11) is 1.47. The fourth-order valence-electron chi connectivity index (χ4n) is 2.07. The molecule has 0 aromatic heterocycles. The van der Waals surface area contributed by atoms with Gasteiger partial charge in [-0.05, 0) is 11.1 Å².